The predicted molar refractivity (Wildman–Crippen MR) is 49.7 cm³/mol. The zero-order valence-corrected chi connectivity index (χ0v) is 8.53. The molecule has 1 saturated carbocycles. The number of carboxylic acid groups (broad SMARTS) is 1. The highest BCUT2D eigenvalue weighted by Crippen LogP contribution is 2.31. The van der Waals surface area contributed by atoms with Crippen LogP contribution in [0.2, 0.25) is 0 Å². The number of rotatable bonds is 2. The van der Waals surface area contributed by atoms with Crippen LogP contribution in [0.25, 0.3) is 0 Å². The van der Waals surface area contributed by atoms with Gasteiger partial charge in [0.1, 0.15) is 6.10 Å². The number of carbonyl (C=O) groups is 2. The van der Waals surface area contributed by atoms with Crippen molar-refractivity contribution in [3.05, 3.63) is 0 Å². The number of ether oxygens (including phenoxy) is 1. The maximum Gasteiger partial charge on any atom is 0.310 e. The maximum absolute atomic E-state index is 10.9. The summed E-state index contributed by atoms with van der Waals surface area (Å²) in [6.07, 6.45) is 1.73. The molecule has 0 heterocycles. The minimum Gasteiger partial charge on any atom is -0.481 e. The zero-order chi connectivity index (χ0) is 10.7. The van der Waals surface area contributed by atoms with E-state index in [-0.39, 0.29) is 0 Å². The molecule has 0 spiro atoms. The van der Waals surface area contributed by atoms with E-state index in [0.717, 1.165) is 6.42 Å². The molecule has 4 nitrogen and oxygen atoms in total. The van der Waals surface area contributed by atoms with Crippen molar-refractivity contribution in [2.24, 2.45) is 11.8 Å². The fourth-order valence-corrected chi connectivity index (χ4v) is 1.95. The van der Waals surface area contributed by atoms with Gasteiger partial charge in [0, 0.05) is 6.92 Å². The summed E-state index contributed by atoms with van der Waals surface area (Å²) < 4.78 is 5.02. The molecule has 0 bridgehead atoms. The van der Waals surface area contributed by atoms with Crippen LogP contribution in [0.15, 0.2) is 0 Å². The summed E-state index contributed by atoms with van der Waals surface area (Å²) in [6.45, 7) is 3.37. The van der Waals surface area contributed by atoms with Crippen LogP contribution in [0.3, 0.4) is 0 Å². The number of carboxylic acids is 1. The lowest BCUT2D eigenvalue weighted by Gasteiger charge is -2.31. The summed E-state index contributed by atoms with van der Waals surface area (Å²) in [6, 6.07) is 0. The summed E-state index contributed by atoms with van der Waals surface area (Å²) >= 11 is 0. The zero-order valence-electron chi connectivity index (χ0n) is 8.53. The van der Waals surface area contributed by atoms with Crippen molar-refractivity contribution >= 4 is 11.9 Å². The van der Waals surface area contributed by atoms with Gasteiger partial charge in [-0.05, 0) is 25.2 Å². The molecule has 0 amide bonds. The van der Waals surface area contributed by atoms with E-state index < -0.39 is 24.0 Å². The molecule has 0 aromatic rings. The average molecular weight is 200 g/mol. The predicted octanol–water partition coefficient (Wildman–Crippen LogP) is 1.44. The molecule has 0 aliphatic heterocycles. The van der Waals surface area contributed by atoms with Gasteiger partial charge in [-0.2, -0.15) is 0 Å². The van der Waals surface area contributed by atoms with E-state index in [1.54, 1.807) is 0 Å². The highest BCUT2D eigenvalue weighted by atomic mass is 16.5. The van der Waals surface area contributed by atoms with Crippen molar-refractivity contribution in [3.8, 4) is 0 Å². The fourth-order valence-electron chi connectivity index (χ4n) is 1.95. The Kier molecular flexibility index (Phi) is 3.49. The van der Waals surface area contributed by atoms with Gasteiger partial charge in [0.25, 0.3) is 0 Å². The summed E-state index contributed by atoms with van der Waals surface area (Å²) in [4.78, 5) is 21.6. The molecular formula is C10H16O4. The van der Waals surface area contributed by atoms with Crippen molar-refractivity contribution in [3.63, 3.8) is 0 Å². The molecule has 0 radical (unpaired) electrons. The van der Waals surface area contributed by atoms with Crippen molar-refractivity contribution in [1.82, 2.24) is 0 Å². The molecule has 1 aliphatic carbocycles. The van der Waals surface area contributed by atoms with E-state index in [1.807, 2.05) is 0 Å². The van der Waals surface area contributed by atoms with E-state index in [9.17, 15) is 9.59 Å². The molecular weight excluding hydrogens is 184 g/mol. The van der Waals surface area contributed by atoms with Gasteiger partial charge in [-0.3, -0.25) is 9.59 Å². The van der Waals surface area contributed by atoms with Gasteiger partial charge in [0.15, 0.2) is 0 Å². The van der Waals surface area contributed by atoms with Gasteiger partial charge in [0.2, 0.25) is 0 Å². The molecule has 1 fully saturated rings. The van der Waals surface area contributed by atoms with Crippen LogP contribution >= 0.6 is 0 Å². The number of aliphatic carboxylic acids is 1. The summed E-state index contributed by atoms with van der Waals surface area (Å²) in [5.41, 5.74) is 0. The SMILES string of the molecule is CC(=O)O[C@@H]1C[C@H](C)CC[C@H]1C(=O)O. The van der Waals surface area contributed by atoms with Gasteiger partial charge in [0.05, 0.1) is 5.92 Å². The van der Waals surface area contributed by atoms with E-state index in [1.165, 1.54) is 6.92 Å². The standard InChI is InChI=1S/C10H16O4/c1-6-3-4-8(10(12)13)9(5-6)14-7(2)11/h6,8-9H,3-5H2,1-2H3,(H,12,13)/t6-,8-,9-/m1/s1. The van der Waals surface area contributed by atoms with E-state index >= 15 is 0 Å². The third-order valence-corrected chi connectivity index (χ3v) is 2.69. The Morgan fingerprint density at radius 2 is 2.00 bits per heavy atom. The first-order valence-electron chi connectivity index (χ1n) is 4.90. The molecule has 14 heavy (non-hydrogen) atoms. The van der Waals surface area contributed by atoms with Crippen LogP contribution in [0.4, 0.5) is 0 Å². The molecule has 0 saturated heterocycles. The number of carbonyl (C=O) groups excluding carboxylic acids is 1. The van der Waals surface area contributed by atoms with Gasteiger partial charge >= 0.3 is 11.9 Å². The largest absolute Gasteiger partial charge is 0.481 e. The normalized spacial score (nSPS) is 32.3. The van der Waals surface area contributed by atoms with Crippen LogP contribution < -0.4 is 0 Å². The molecule has 1 aliphatic rings. The minimum atomic E-state index is -0.858. The second-order valence-corrected chi connectivity index (χ2v) is 4.01. The van der Waals surface area contributed by atoms with Gasteiger partial charge in [-0.25, -0.2) is 0 Å². The highest BCUT2D eigenvalue weighted by Gasteiger charge is 2.35. The lowest BCUT2D eigenvalue weighted by atomic mass is 9.80. The summed E-state index contributed by atoms with van der Waals surface area (Å²) in [7, 11) is 0. The Balaban J connectivity index is 2.63. The van der Waals surface area contributed by atoms with Crippen LogP contribution in [-0.4, -0.2) is 23.1 Å². The third-order valence-electron chi connectivity index (χ3n) is 2.69. The van der Waals surface area contributed by atoms with Crippen LogP contribution in [0.1, 0.15) is 33.1 Å². The van der Waals surface area contributed by atoms with Gasteiger partial charge in [-0.15, -0.1) is 0 Å². The van der Waals surface area contributed by atoms with Crippen LogP contribution in [0.5, 0.6) is 0 Å². The Morgan fingerprint density at radius 3 is 2.50 bits per heavy atom. The Hall–Kier alpha value is -1.06. The van der Waals surface area contributed by atoms with Crippen molar-refractivity contribution in [2.45, 2.75) is 39.2 Å². The lowest BCUT2D eigenvalue weighted by Crippen LogP contribution is -2.37. The molecule has 1 rings (SSSR count). The molecule has 0 aromatic carbocycles. The van der Waals surface area contributed by atoms with Crippen molar-refractivity contribution in [2.75, 3.05) is 0 Å². The topological polar surface area (TPSA) is 63.6 Å². The minimum absolute atomic E-state index is 0.393. The Labute approximate surface area is 83.2 Å². The fraction of sp³-hybridized carbons (Fsp3) is 0.800. The second kappa shape index (κ2) is 4.44. The highest BCUT2D eigenvalue weighted by molar-refractivity contribution is 5.72. The Bertz CT molecular complexity index is 236. The van der Waals surface area contributed by atoms with Crippen LogP contribution in [-0.2, 0) is 14.3 Å². The first kappa shape index (κ1) is 11.0. The van der Waals surface area contributed by atoms with E-state index in [2.05, 4.69) is 6.92 Å². The van der Waals surface area contributed by atoms with Gasteiger partial charge in [-0.1, -0.05) is 6.92 Å². The number of esters is 1. The second-order valence-electron chi connectivity index (χ2n) is 4.01. The van der Waals surface area contributed by atoms with Crippen molar-refractivity contribution < 1.29 is 19.4 Å². The molecule has 4 heteroatoms. The van der Waals surface area contributed by atoms with E-state index in [0.29, 0.717) is 18.8 Å². The first-order chi connectivity index (χ1) is 6.50. The van der Waals surface area contributed by atoms with Crippen molar-refractivity contribution in [1.29, 1.82) is 0 Å². The van der Waals surface area contributed by atoms with Crippen LogP contribution in [0, 0.1) is 11.8 Å². The summed E-state index contributed by atoms with van der Waals surface area (Å²) in [5, 5.41) is 8.92. The maximum atomic E-state index is 10.9. The quantitative estimate of drug-likeness (QED) is 0.685. The number of hydrogen-bond acceptors (Lipinski definition) is 3. The molecule has 3 atom stereocenters. The molecule has 1 N–H and O–H groups in total. The van der Waals surface area contributed by atoms with Gasteiger partial charge < -0.3 is 9.84 Å². The lowest BCUT2D eigenvalue weighted by molar-refractivity contribution is -0.160. The first-order valence-corrected chi connectivity index (χ1v) is 4.90. The molecule has 0 aromatic heterocycles. The monoisotopic (exact) mass is 200 g/mol. The third kappa shape index (κ3) is 2.72. The molecule has 0 unspecified atom stereocenters. The Morgan fingerprint density at radius 1 is 1.36 bits per heavy atom. The smallest absolute Gasteiger partial charge is 0.310 e. The molecule has 80 valence electrons. The van der Waals surface area contributed by atoms with E-state index in [4.69, 9.17) is 9.84 Å². The summed E-state index contributed by atoms with van der Waals surface area (Å²) in [5.74, 6) is -1.33. The average Bonchev–Trinajstić information content (AvgIpc) is 2.01. The number of hydrogen-bond donors (Lipinski definition) is 1.